The van der Waals surface area contributed by atoms with E-state index < -0.39 is 24.3 Å². The van der Waals surface area contributed by atoms with Crippen LogP contribution >= 0.6 is 0 Å². The largest absolute Gasteiger partial charge is 0.477 e. The minimum Gasteiger partial charge on any atom is -0.477 e. The molecule has 0 aliphatic rings. The van der Waals surface area contributed by atoms with Gasteiger partial charge in [0, 0.05) is 12.8 Å². The molecule has 0 aromatic heterocycles. The molecule has 0 rings (SSSR count). The first kappa shape index (κ1) is 87.7. The van der Waals surface area contributed by atoms with Gasteiger partial charge in [-0.25, -0.2) is 4.79 Å². The quantitative estimate of drug-likeness (QED) is 0.0211. The number of rotatable bonds is 67. The number of ether oxygens (including phenoxy) is 4. The van der Waals surface area contributed by atoms with Crippen molar-refractivity contribution in [2.24, 2.45) is 0 Å². The van der Waals surface area contributed by atoms with Crippen LogP contribution in [0.2, 0.25) is 0 Å². The van der Waals surface area contributed by atoms with Gasteiger partial charge in [0.05, 0.1) is 34.4 Å². The minimum atomic E-state index is -1.53. The highest BCUT2D eigenvalue weighted by atomic mass is 16.7. The lowest BCUT2D eigenvalue weighted by Gasteiger charge is -2.25. The summed E-state index contributed by atoms with van der Waals surface area (Å²) in [6, 6.07) is 0. The fourth-order valence-electron chi connectivity index (χ4n) is 9.79. The molecule has 9 nitrogen and oxygen atoms in total. The lowest BCUT2D eigenvalue weighted by atomic mass is 10.0. The van der Waals surface area contributed by atoms with Gasteiger partial charge < -0.3 is 28.5 Å². The molecule has 1 N–H and O–H groups in total. The van der Waals surface area contributed by atoms with Gasteiger partial charge in [-0.05, 0) is 135 Å². The molecule has 9 heteroatoms. The second-order valence-corrected chi connectivity index (χ2v) is 25.5. The normalized spacial score (nSPS) is 13.7. The number of hydrogen-bond donors (Lipinski definition) is 1. The van der Waals surface area contributed by atoms with Crippen LogP contribution in [0, 0.1) is 0 Å². The van der Waals surface area contributed by atoms with Crippen molar-refractivity contribution < 1.29 is 42.9 Å². The molecule has 0 saturated heterocycles. The molecule has 2 atom stereocenters. The molecule has 0 aliphatic heterocycles. The van der Waals surface area contributed by atoms with Crippen molar-refractivity contribution in [3.63, 3.8) is 0 Å². The van der Waals surface area contributed by atoms with E-state index in [9.17, 15) is 19.5 Å². The highest BCUT2D eigenvalue weighted by molar-refractivity contribution is 5.71. The van der Waals surface area contributed by atoms with Gasteiger partial charge in [-0.1, -0.05) is 306 Å². The zero-order valence-corrected chi connectivity index (χ0v) is 60.1. The highest BCUT2D eigenvalue weighted by Crippen LogP contribution is 2.16. The molecule has 526 valence electrons. The van der Waals surface area contributed by atoms with Crippen molar-refractivity contribution in [2.45, 2.75) is 296 Å². The van der Waals surface area contributed by atoms with Crippen LogP contribution in [-0.4, -0.2) is 87.4 Å². The number of unbranched alkanes of at least 4 members (excludes halogenated alkanes) is 24. The number of quaternary nitrogens is 1. The molecule has 0 amide bonds. The summed E-state index contributed by atoms with van der Waals surface area (Å²) in [5.74, 6) is -2.07. The standard InChI is InChI=1S/C84H137NO8/c1-6-8-10-12-14-16-18-20-22-24-26-28-30-32-34-36-37-38-39-40-41-42-43-44-45-47-49-51-53-55-57-59-61-63-65-67-69-71-73-75-82(87)93-80(79-92-84(83(88)89)90-77-76-85(3,4)5)78-91-81(86)74-72-70-68-66-64-62-60-58-56-54-52-50-48-46-35-33-31-29-27-25-23-21-19-17-15-13-11-9-7-2/h8,10,14,16,19-22,25-28,32,34,37-38,40-41,43-44,47,49,53,55,59,61,65,67,80,84H,6-7,9,11-13,15,17-18,23-24,29-31,33,35-36,39,42,45-46,48,50-52,54,56-58,60,62-64,66,68-79H2,1-5H3/p+1/b10-8-,16-14-,21-19-,22-20-,27-25-,28-26-,34-32-,38-37-,41-40-,44-43-,49-47-,55-53-,61-59-,67-65-. The van der Waals surface area contributed by atoms with E-state index in [2.05, 4.69) is 184 Å². The molecule has 0 bridgehead atoms. The molecule has 0 heterocycles. The third kappa shape index (κ3) is 73.9. The number of aliphatic carboxylic acids is 1. The van der Waals surface area contributed by atoms with Gasteiger partial charge in [0.1, 0.15) is 13.2 Å². The average molecular weight is 1290 g/mol. The minimum absolute atomic E-state index is 0.171. The maximum Gasteiger partial charge on any atom is 0.361 e. The number of carboxylic acid groups (broad SMARTS) is 1. The zero-order valence-electron chi connectivity index (χ0n) is 60.1. The summed E-state index contributed by atoms with van der Waals surface area (Å²) in [6.07, 6.45) is 106. The van der Waals surface area contributed by atoms with E-state index in [0.29, 0.717) is 17.4 Å². The van der Waals surface area contributed by atoms with Crippen LogP contribution in [0.5, 0.6) is 0 Å². The van der Waals surface area contributed by atoms with Crippen molar-refractivity contribution >= 4 is 17.9 Å². The van der Waals surface area contributed by atoms with Gasteiger partial charge in [-0.3, -0.25) is 9.59 Å². The van der Waals surface area contributed by atoms with Crippen LogP contribution in [0.25, 0.3) is 0 Å². The molecule has 2 unspecified atom stereocenters. The van der Waals surface area contributed by atoms with E-state index in [4.69, 9.17) is 18.9 Å². The monoisotopic (exact) mass is 1290 g/mol. The van der Waals surface area contributed by atoms with Gasteiger partial charge >= 0.3 is 17.9 Å². The zero-order chi connectivity index (χ0) is 67.5. The fourth-order valence-corrected chi connectivity index (χ4v) is 9.79. The van der Waals surface area contributed by atoms with Crippen LogP contribution in [0.1, 0.15) is 284 Å². The number of carbonyl (C=O) groups is 3. The number of carbonyl (C=O) groups excluding carboxylic acids is 2. The molecule has 0 fully saturated rings. The van der Waals surface area contributed by atoms with E-state index in [-0.39, 0.29) is 38.6 Å². The molecule has 0 aromatic rings. The summed E-state index contributed by atoms with van der Waals surface area (Å²) < 4.78 is 22.9. The van der Waals surface area contributed by atoms with Crippen LogP contribution in [0.4, 0.5) is 0 Å². The summed E-state index contributed by atoms with van der Waals surface area (Å²) in [4.78, 5) is 37.7. The second kappa shape index (κ2) is 72.5. The maximum absolute atomic E-state index is 12.9. The predicted octanol–water partition coefficient (Wildman–Crippen LogP) is 23.8. The van der Waals surface area contributed by atoms with Gasteiger partial charge in [-0.2, -0.15) is 0 Å². The Hall–Kier alpha value is -5.35. The molecular weight excluding hydrogens is 1150 g/mol. The Kier molecular flexibility index (Phi) is 68.3. The predicted molar refractivity (Wildman–Crippen MR) is 400 cm³/mol. The molecule has 0 aliphatic carbocycles. The van der Waals surface area contributed by atoms with Crippen molar-refractivity contribution in [1.29, 1.82) is 0 Å². The van der Waals surface area contributed by atoms with E-state index in [1.165, 1.54) is 135 Å². The van der Waals surface area contributed by atoms with Crippen LogP contribution in [0.15, 0.2) is 170 Å². The van der Waals surface area contributed by atoms with Crippen LogP contribution in [0.3, 0.4) is 0 Å². The Morgan fingerprint density at radius 3 is 0.935 bits per heavy atom. The molecule has 0 aromatic carbocycles. The Morgan fingerprint density at radius 1 is 0.333 bits per heavy atom. The number of nitrogens with zero attached hydrogens (tertiary/aromatic N) is 1. The van der Waals surface area contributed by atoms with Crippen LogP contribution < -0.4 is 0 Å². The SMILES string of the molecule is CC/C=C\C/C=C\C/C=C\C/C=C\C/C=C\C/C=C\C/C=C\C/C=C\C/C=C\C/C=C\C/C=C\C/C=C\CCCCC(=O)OC(COC(=O)CCCCCCCCCCCCCCCCCCC/C=C\C/C=C\CCCCCCC)COC(OCC[N+](C)(C)C)C(=O)O. The summed E-state index contributed by atoms with van der Waals surface area (Å²) in [6.45, 7) is 4.70. The summed E-state index contributed by atoms with van der Waals surface area (Å²) >= 11 is 0. The summed E-state index contributed by atoms with van der Waals surface area (Å²) in [5, 5.41) is 9.75. The third-order valence-corrected chi connectivity index (χ3v) is 15.5. The van der Waals surface area contributed by atoms with Crippen LogP contribution in [-0.2, 0) is 33.3 Å². The van der Waals surface area contributed by atoms with E-state index >= 15 is 0 Å². The van der Waals surface area contributed by atoms with Gasteiger partial charge in [0.15, 0.2) is 6.10 Å². The highest BCUT2D eigenvalue weighted by Gasteiger charge is 2.25. The Morgan fingerprint density at radius 2 is 0.613 bits per heavy atom. The lowest BCUT2D eigenvalue weighted by molar-refractivity contribution is -0.870. The van der Waals surface area contributed by atoms with Gasteiger partial charge in [-0.15, -0.1) is 0 Å². The number of carboxylic acids is 1. The maximum atomic E-state index is 12.9. The van der Waals surface area contributed by atoms with Crippen molar-refractivity contribution in [3.8, 4) is 0 Å². The molecule has 0 spiro atoms. The van der Waals surface area contributed by atoms with Crippen molar-refractivity contribution in [1.82, 2.24) is 0 Å². The molecule has 0 saturated carbocycles. The van der Waals surface area contributed by atoms with Crippen molar-refractivity contribution in [2.75, 3.05) is 47.5 Å². The fraction of sp³-hybridized carbons (Fsp3) is 0.631. The van der Waals surface area contributed by atoms with Gasteiger partial charge in [0.25, 0.3) is 6.29 Å². The smallest absolute Gasteiger partial charge is 0.361 e. The number of esters is 2. The Balaban J connectivity index is 4.23. The molecular formula is C84H138NO8+. The van der Waals surface area contributed by atoms with Crippen molar-refractivity contribution in [3.05, 3.63) is 170 Å². The topological polar surface area (TPSA) is 108 Å². The Labute approximate surface area is 571 Å². The third-order valence-electron chi connectivity index (χ3n) is 15.5. The number of allylic oxidation sites excluding steroid dienone is 28. The average Bonchev–Trinajstić information content (AvgIpc) is 3.38. The van der Waals surface area contributed by atoms with E-state index in [0.717, 1.165) is 116 Å². The van der Waals surface area contributed by atoms with E-state index in [1.54, 1.807) is 0 Å². The first-order valence-electron chi connectivity index (χ1n) is 37.3. The first-order valence-corrected chi connectivity index (χ1v) is 37.3. The summed E-state index contributed by atoms with van der Waals surface area (Å²) in [7, 11) is 5.95. The van der Waals surface area contributed by atoms with E-state index in [1.807, 2.05) is 21.1 Å². The summed E-state index contributed by atoms with van der Waals surface area (Å²) in [5.41, 5.74) is 0. The number of hydrogen-bond acceptors (Lipinski definition) is 7. The second-order valence-electron chi connectivity index (χ2n) is 25.5. The Bertz CT molecular complexity index is 2140. The molecule has 0 radical (unpaired) electrons. The lowest BCUT2D eigenvalue weighted by Crippen LogP contribution is -2.40. The van der Waals surface area contributed by atoms with Gasteiger partial charge in [0.2, 0.25) is 0 Å². The number of likely N-dealkylation sites (N-methyl/N-ethyl adjacent to an activating group) is 1. The molecule has 93 heavy (non-hydrogen) atoms. The first-order chi connectivity index (χ1) is 45.6.